The number of ether oxygens (including phenoxy) is 2. The number of halogens is 2. The van der Waals surface area contributed by atoms with Crippen molar-refractivity contribution in [2.75, 3.05) is 0 Å². The lowest BCUT2D eigenvalue weighted by Gasteiger charge is -2.11. The van der Waals surface area contributed by atoms with Crippen molar-refractivity contribution in [3.63, 3.8) is 0 Å². The van der Waals surface area contributed by atoms with Gasteiger partial charge in [0.25, 0.3) is 11.8 Å². The highest BCUT2D eigenvalue weighted by Gasteiger charge is 2.17. The maximum absolute atomic E-state index is 14.0. The molecule has 1 heterocycles. The Hall–Kier alpha value is -2.75. The van der Waals surface area contributed by atoms with Gasteiger partial charge < -0.3 is 9.47 Å². The number of nitriles is 1. The molecule has 0 bridgehead atoms. The average Bonchev–Trinajstić information content (AvgIpc) is 2.44. The van der Waals surface area contributed by atoms with Crippen LogP contribution in [0.3, 0.4) is 0 Å². The highest BCUT2D eigenvalue weighted by Crippen LogP contribution is 2.28. The van der Waals surface area contributed by atoms with Crippen molar-refractivity contribution >= 4 is 0 Å². The summed E-state index contributed by atoms with van der Waals surface area (Å²) in [4.78, 5) is 7.25. The van der Waals surface area contributed by atoms with Gasteiger partial charge in [0.15, 0.2) is 11.6 Å². The van der Waals surface area contributed by atoms with Crippen LogP contribution in [0, 0.1) is 23.0 Å². The van der Waals surface area contributed by atoms with E-state index < -0.39 is 17.5 Å². The van der Waals surface area contributed by atoms with Gasteiger partial charge in [0.1, 0.15) is 6.33 Å². The Balaban J connectivity index is 2.30. The molecular weight excluding hydrogens is 280 g/mol. The summed E-state index contributed by atoms with van der Waals surface area (Å²) in [5.74, 6) is -2.69. The molecule has 0 spiro atoms. The molecular formula is C14H11F2N3O2. The van der Waals surface area contributed by atoms with Crippen LogP contribution in [-0.4, -0.2) is 16.1 Å². The van der Waals surface area contributed by atoms with Crippen LogP contribution in [-0.2, 0) is 0 Å². The third kappa shape index (κ3) is 3.42. The Kier molecular flexibility index (Phi) is 4.28. The van der Waals surface area contributed by atoms with E-state index in [9.17, 15) is 8.78 Å². The molecule has 0 N–H and O–H groups in total. The fraction of sp³-hybridized carbons (Fsp3) is 0.214. The molecule has 0 aliphatic rings. The van der Waals surface area contributed by atoms with Crippen molar-refractivity contribution in [2.24, 2.45) is 0 Å². The van der Waals surface area contributed by atoms with Crippen LogP contribution >= 0.6 is 0 Å². The maximum Gasteiger partial charge on any atom is 0.263 e. The largest absolute Gasteiger partial charge is 0.473 e. The normalized spacial score (nSPS) is 10.3. The van der Waals surface area contributed by atoms with E-state index in [0.717, 1.165) is 12.4 Å². The smallest absolute Gasteiger partial charge is 0.263 e. The van der Waals surface area contributed by atoms with Crippen molar-refractivity contribution in [3.8, 4) is 23.6 Å². The first kappa shape index (κ1) is 14.7. The zero-order valence-corrected chi connectivity index (χ0v) is 11.3. The summed E-state index contributed by atoms with van der Waals surface area (Å²) >= 11 is 0. The minimum atomic E-state index is -0.921. The van der Waals surface area contributed by atoms with Crippen molar-refractivity contribution in [2.45, 2.75) is 20.0 Å². The molecule has 2 rings (SSSR count). The van der Waals surface area contributed by atoms with E-state index in [4.69, 9.17) is 14.7 Å². The monoisotopic (exact) mass is 291 g/mol. The van der Waals surface area contributed by atoms with Crippen molar-refractivity contribution in [1.29, 1.82) is 5.26 Å². The molecule has 0 amide bonds. The Morgan fingerprint density at radius 1 is 1.19 bits per heavy atom. The maximum atomic E-state index is 14.0. The minimum Gasteiger partial charge on any atom is -0.473 e. The van der Waals surface area contributed by atoms with E-state index in [1.165, 1.54) is 12.1 Å². The zero-order chi connectivity index (χ0) is 15.4. The predicted octanol–water partition coefficient (Wildman–Crippen LogP) is 3.21. The van der Waals surface area contributed by atoms with Crippen LogP contribution in [0.25, 0.3) is 0 Å². The fourth-order valence-electron chi connectivity index (χ4n) is 1.47. The number of rotatable bonds is 4. The molecule has 21 heavy (non-hydrogen) atoms. The summed E-state index contributed by atoms with van der Waals surface area (Å²) in [7, 11) is 0. The lowest BCUT2D eigenvalue weighted by molar-refractivity contribution is 0.216. The van der Waals surface area contributed by atoms with E-state index in [0.29, 0.717) is 0 Å². The molecule has 0 unspecified atom stereocenters. The molecule has 1 aromatic heterocycles. The number of aromatic nitrogens is 2. The van der Waals surface area contributed by atoms with Gasteiger partial charge in [-0.1, -0.05) is 0 Å². The van der Waals surface area contributed by atoms with Crippen LogP contribution in [0.1, 0.15) is 19.4 Å². The summed E-state index contributed by atoms with van der Waals surface area (Å²) in [5, 5.41) is 8.65. The Labute approximate surface area is 119 Å². The van der Waals surface area contributed by atoms with Gasteiger partial charge in [0.2, 0.25) is 5.82 Å². The van der Waals surface area contributed by atoms with E-state index in [-0.39, 0.29) is 23.3 Å². The summed E-state index contributed by atoms with van der Waals surface area (Å²) in [6, 6.07) is 5.34. The average molecular weight is 291 g/mol. The highest BCUT2D eigenvalue weighted by atomic mass is 19.1. The quantitative estimate of drug-likeness (QED) is 0.865. The van der Waals surface area contributed by atoms with Crippen molar-refractivity contribution in [1.82, 2.24) is 9.97 Å². The summed E-state index contributed by atoms with van der Waals surface area (Å²) in [6.45, 7) is 3.42. The van der Waals surface area contributed by atoms with Crippen LogP contribution in [0.15, 0.2) is 24.5 Å². The molecule has 0 saturated heterocycles. The molecule has 0 saturated carbocycles. The van der Waals surface area contributed by atoms with Crippen LogP contribution in [0.2, 0.25) is 0 Å². The van der Waals surface area contributed by atoms with Gasteiger partial charge >= 0.3 is 0 Å². The van der Waals surface area contributed by atoms with Crippen molar-refractivity contribution < 1.29 is 18.3 Å². The lowest BCUT2D eigenvalue weighted by atomic mass is 10.2. The number of hydrogen-bond donors (Lipinski definition) is 0. The van der Waals surface area contributed by atoms with E-state index >= 15 is 0 Å². The minimum absolute atomic E-state index is 0.131. The molecule has 1 aromatic carbocycles. The predicted molar refractivity (Wildman–Crippen MR) is 68.9 cm³/mol. The standard InChI is InChI=1S/C14H11F2N3O2/c1-8(2)20-13-12(16)14(19-7-18-13)21-11-4-3-9(6-17)5-10(11)15/h3-5,7-8H,1-2H3. The molecule has 108 valence electrons. The topological polar surface area (TPSA) is 68.0 Å². The zero-order valence-electron chi connectivity index (χ0n) is 11.3. The molecule has 0 fully saturated rings. The van der Waals surface area contributed by atoms with E-state index in [1.807, 2.05) is 0 Å². The molecule has 7 heteroatoms. The second-order valence-corrected chi connectivity index (χ2v) is 4.32. The van der Waals surface area contributed by atoms with Crippen LogP contribution in [0.5, 0.6) is 17.5 Å². The van der Waals surface area contributed by atoms with Crippen LogP contribution < -0.4 is 9.47 Å². The number of hydrogen-bond acceptors (Lipinski definition) is 5. The second-order valence-electron chi connectivity index (χ2n) is 4.32. The summed E-state index contributed by atoms with van der Waals surface area (Å²) < 4.78 is 38.0. The molecule has 5 nitrogen and oxygen atoms in total. The first-order valence-corrected chi connectivity index (χ1v) is 6.06. The highest BCUT2D eigenvalue weighted by molar-refractivity contribution is 5.38. The SMILES string of the molecule is CC(C)Oc1ncnc(Oc2ccc(C#N)cc2F)c1F. The lowest BCUT2D eigenvalue weighted by Crippen LogP contribution is -2.09. The summed E-state index contributed by atoms with van der Waals surface area (Å²) in [6.07, 6.45) is 0.770. The number of nitrogens with zero attached hydrogens (tertiary/aromatic N) is 3. The van der Waals surface area contributed by atoms with Gasteiger partial charge in [-0.15, -0.1) is 0 Å². The van der Waals surface area contributed by atoms with E-state index in [1.54, 1.807) is 19.9 Å². The Morgan fingerprint density at radius 3 is 2.52 bits per heavy atom. The van der Waals surface area contributed by atoms with Gasteiger partial charge in [-0.3, -0.25) is 0 Å². The van der Waals surface area contributed by atoms with E-state index in [2.05, 4.69) is 9.97 Å². The molecule has 0 aliphatic heterocycles. The molecule has 2 aromatic rings. The number of benzene rings is 1. The summed E-state index contributed by atoms with van der Waals surface area (Å²) in [5.41, 5.74) is 0.131. The second kappa shape index (κ2) is 6.13. The first-order chi connectivity index (χ1) is 10.0. The Bertz CT molecular complexity index is 699. The van der Waals surface area contributed by atoms with Gasteiger partial charge in [0, 0.05) is 0 Å². The van der Waals surface area contributed by atoms with Gasteiger partial charge in [-0.2, -0.15) is 19.6 Å². The van der Waals surface area contributed by atoms with Gasteiger partial charge in [-0.05, 0) is 32.0 Å². The van der Waals surface area contributed by atoms with Gasteiger partial charge in [-0.25, -0.2) is 4.39 Å². The van der Waals surface area contributed by atoms with Crippen LogP contribution in [0.4, 0.5) is 8.78 Å². The third-order valence-corrected chi connectivity index (χ3v) is 2.34. The Morgan fingerprint density at radius 2 is 1.90 bits per heavy atom. The fourth-order valence-corrected chi connectivity index (χ4v) is 1.47. The third-order valence-electron chi connectivity index (χ3n) is 2.34. The molecule has 0 atom stereocenters. The van der Waals surface area contributed by atoms with Gasteiger partial charge in [0.05, 0.1) is 17.7 Å². The first-order valence-electron chi connectivity index (χ1n) is 6.06. The van der Waals surface area contributed by atoms with Crippen molar-refractivity contribution in [3.05, 3.63) is 41.7 Å². The molecule has 0 aliphatic carbocycles. The molecule has 0 radical (unpaired) electrons.